The van der Waals surface area contributed by atoms with Crippen molar-refractivity contribution in [3.05, 3.63) is 28.2 Å². The minimum Gasteiger partial charge on any atom is -0.492 e. The predicted molar refractivity (Wildman–Crippen MR) is 85.5 cm³/mol. The fourth-order valence-electron chi connectivity index (χ4n) is 2.03. The maximum absolute atomic E-state index is 5.78. The van der Waals surface area contributed by atoms with Crippen LogP contribution >= 0.6 is 15.9 Å². The molecule has 0 saturated carbocycles. The number of hydrogen-bond acceptors (Lipinski definition) is 2. The van der Waals surface area contributed by atoms with Gasteiger partial charge < -0.3 is 10.5 Å². The zero-order valence-electron chi connectivity index (χ0n) is 12.0. The van der Waals surface area contributed by atoms with Crippen molar-refractivity contribution in [2.45, 2.75) is 58.4 Å². The monoisotopic (exact) mass is 327 g/mol. The zero-order chi connectivity index (χ0) is 13.9. The van der Waals surface area contributed by atoms with Gasteiger partial charge in [-0.1, -0.05) is 51.5 Å². The molecule has 0 aromatic heterocycles. The Morgan fingerprint density at radius 3 is 2.37 bits per heavy atom. The first kappa shape index (κ1) is 16.5. The van der Waals surface area contributed by atoms with Crippen LogP contribution in [0.5, 0.6) is 5.75 Å². The molecule has 0 fully saturated rings. The molecule has 108 valence electrons. The first-order valence-electron chi connectivity index (χ1n) is 7.39. The van der Waals surface area contributed by atoms with E-state index in [1.807, 2.05) is 18.2 Å². The maximum Gasteiger partial charge on any atom is 0.133 e. The third-order valence-corrected chi connectivity index (χ3v) is 3.86. The Labute approximate surface area is 125 Å². The topological polar surface area (TPSA) is 35.2 Å². The molecule has 0 spiro atoms. The van der Waals surface area contributed by atoms with E-state index in [9.17, 15) is 0 Å². The highest BCUT2D eigenvalue weighted by Gasteiger charge is 2.01. The molecule has 2 N–H and O–H groups in total. The summed E-state index contributed by atoms with van der Waals surface area (Å²) in [5, 5.41) is 0. The van der Waals surface area contributed by atoms with Crippen molar-refractivity contribution in [2.75, 3.05) is 6.61 Å². The van der Waals surface area contributed by atoms with Gasteiger partial charge in [0.2, 0.25) is 0 Å². The van der Waals surface area contributed by atoms with Gasteiger partial charge in [0.25, 0.3) is 0 Å². The lowest BCUT2D eigenvalue weighted by Crippen LogP contribution is -2.00. The van der Waals surface area contributed by atoms with Crippen LogP contribution in [0.2, 0.25) is 0 Å². The number of nitrogens with two attached hydrogens (primary N) is 1. The molecule has 0 aliphatic heterocycles. The van der Waals surface area contributed by atoms with E-state index in [0.29, 0.717) is 6.54 Å². The SMILES string of the molecule is CCCCCCCCCOc1ccc(CN)cc1Br. The molecule has 0 radical (unpaired) electrons. The average Bonchev–Trinajstić information content (AvgIpc) is 2.43. The summed E-state index contributed by atoms with van der Waals surface area (Å²) in [4.78, 5) is 0. The normalized spacial score (nSPS) is 10.7. The minimum absolute atomic E-state index is 0.566. The van der Waals surface area contributed by atoms with Crippen LogP contribution in [0.25, 0.3) is 0 Å². The van der Waals surface area contributed by atoms with Crippen molar-refractivity contribution in [1.82, 2.24) is 0 Å². The van der Waals surface area contributed by atoms with Gasteiger partial charge in [-0.15, -0.1) is 0 Å². The largest absolute Gasteiger partial charge is 0.492 e. The molecule has 19 heavy (non-hydrogen) atoms. The smallest absolute Gasteiger partial charge is 0.133 e. The van der Waals surface area contributed by atoms with Crippen LogP contribution in [0.15, 0.2) is 22.7 Å². The number of benzene rings is 1. The third kappa shape index (κ3) is 6.98. The summed E-state index contributed by atoms with van der Waals surface area (Å²) in [6.45, 7) is 3.62. The van der Waals surface area contributed by atoms with Gasteiger partial charge in [-0.2, -0.15) is 0 Å². The molecule has 0 unspecified atom stereocenters. The number of unbranched alkanes of at least 4 members (excludes halogenated alkanes) is 6. The maximum atomic E-state index is 5.78. The summed E-state index contributed by atoms with van der Waals surface area (Å²) in [6.07, 6.45) is 9.16. The van der Waals surface area contributed by atoms with E-state index < -0.39 is 0 Å². The van der Waals surface area contributed by atoms with Gasteiger partial charge in [-0.25, -0.2) is 0 Å². The molecule has 0 amide bonds. The first-order valence-corrected chi connectivity index (χ1v) is 8.18. The number of halogens is 1. The number of ether oxygens (including phenoxy) is 1. The first-order chi connectivity index (χ1) is 9.27. The van der Waals surface area contributed by atoms with Crippen molar-refractivity contribution in [2.24, 2.45) is 5.73 Å². The Hall–Kier alpha value is -0.540. The summed E-state index contributed by atoms with van der Waals surface area (Å²) in [5.74, 6) is 0.920. The van der Waals surface area contributed by atoms with E-state index in [1.54, 1.807) is 0 Å². The standard InChI is InChI=1S/C16H26BrNO/c1-2-3-4-5-6-7-8-11-19-16-10-9-14(13-18)12-15(16)17/h9-10,12H,2-8,11,13,18H2,1H3. The van der Waals surface area contributed by atoms with E-state index in [2.05, 4.69) is 22.9 Å². The molecule has 0 aliphatic rings. The summed E-state index contributed by atoms with van der Waals surface area (Å²) < 4.78 is 6.77. The Kier molecular flexibility index (Phi) is 8.93. The van der Waals surface area contributed by atoms with E-state index in [1.165, 1.54) is 38.5 Å². The van der Waals surface area contributed by atoms with Crippen LogP contribution in [-0.4, -0.2) is 6.61 Å². The van der Waals surface area contributed by atoms with Gasteiger partial charge in [-0.3, -0.25) is 0 Å². The van der Waals surface area contributed by atoms with Crippen LogP contribution in [0.1, 0.15) is 57.4 Å². The van der Waals surface area contributed by atoms with E-state index in [-0.39, 0.29) is 0 Å². The summed E-state index contributed by atoms with van der Waals surface area (Å²) in [7, 11) is 0. The highest BCUT2D eigenvalue weighted by atomic mass is 79.9. The van der Waals surface area contributed by atoms with Gasteiger partial charge >= 0.3 is 0 Å². The average molecular weight is 328 g/mol. The van der Waals surface area contributed by atoms with Crippen molar-refractivity contribution < 1.29 is 4.74 Å². The van der Waals surface area contributed by atoms with Crippen molar-refractivity contribution in [3.8, 4) is 5.75 Å². The van der Waals surface area contributed by atoms with Crippen LogP contribution in [0, 0.1) is 0 Å². The van der Waals surface area contributed by atoms with Crippen molar-refractivity contribution >= 4 is 15.9 Å². The highest BCUT2D eigenvalue weighted by molar-refractivity contribution is 9.10. The summed E-state index contributed by atoms with van der Waals surface area (Å²) in [5.41, 5.74) is 6.72. The van der Waals surface area contributed by atoms with Gasteiger partial charge in [0.05, 0.1) is 11.1 Å². The molecule has 0 atom stereocenters. The molecule has 1 rings (SSSR count). The quantitative estimate of drug-likeness (QED) is 0.611. The second kappa shape index (κ2) is 10.3. The van der Waals surface area contributed by atoms with Crippen LogP contribution < -0.4 is 10.5 Å². The van der Waals surface area contributed by atoms with Crippen LogP contribution in [0.4, 0.5) is 0 Å². The Morgan fingerprint density at radius 1 is 1.05 bits per heavy atom. The van der Waals surface area contributed by atoms with E-state index >= 15 is 0 Å². The lowest BCUT2D eigenvalue weighted by molar-refractivity contribution is 0.302. The van der Waals surface area contributed by atoms with E-state index in [4.69, 9.17) is 10.5 Å². The number of hydrogen-bond donors (Lipinski definition) is 1. The highest BCUT2D eigenvalue weighted by Crippen LogP contribution is 2.26. The van der Waals surface area contributed by atoms with Gasteiger partial charge in [0, 0.05) is 6.54 Å². The molecule has 0 bridgehead atoms. The molecule has 3 heteroatoms. The van der Waals surface area contributed by atoms with Crippen molar-refractivity contribution in [3.63, 3.8) is 0 Å². The second-order valence-corrected chi connectivity index (χ2v) is 5.79. The fraction of sp³-hybridized carbons (Fsp3) is 0.625. The molecule has 0 heterocycles. The fourth-order valence-corrected chi connectivity index (χ4v) is 2.57. The van der Waals surface area contributed by atoms with Gasteiger partial charge in [-0.05, 0) is 40.0 Å². The molecule has 0 saturated heterocycles. The second-order valence-electron chi connectivity index (χ2n) is 4.94. The molecular weight excluding hydrogens is 302 g/mol. The van der Waals surface area contributed by atoms with Gasteiger partial charge in [0.15, 0.2) is 0 Å². The van der Waals surface area contributed by atoms with Crippen LogP contribution in [0.3, 0.4) is 0 Å². The Morgan fingerprint density at radius 2 is 1.74 bits per heavy atom. The Bertz CT molecular complexity index is 355. The summed E-state index contributed by atoms with van der Waals surface area (Å²) in [6, 6.07) is 6.04. The molecule has 1 aromatic rings. The molecule has 2 nitrogen and oxygen atoms in total. The molecular formula is C16H26BrNO. The zero-order valence-corrected chi connectivity index (χ0v) is 13.5. The van der Waals surface area contributed by atoms with Crippen molar-refractivity contribution in [1.29, 1.82) is 0 Å². The van der Waals surface area contributed by atoms with Crippen LogP contribution in [-0.2, 0) is 6.54 Å². The van der Waals surface area contributed by atoms with Gasteiger partial charge in [0.1, 0.15) is 5.75 Å². The molecule has 1 aromatic carbocycles. The molecule has 0 aliphatic carbocycles. The third-order valence-electron chi connectivity index (χ3n) is 3.24. The lowest BCUT2D eigenvalue weighted by atomic mass is 10.1. The number of rotatable bonds is 10. The minimum atomic E-state index is 0.566. The Balaban J connectivity index is 2.12. The summed E-state index contributed by atoms with van der Waals surface area (Å²) >= 11 is 3.52. The lowest BCUT2D eigenvalue weighted by Gasteiger charge is -2.09. The van der Waals surface area contributed by atoms with E-state index in [0.717, 1.165) is 28.8 Å². The predicted octanol–water partition coefficient (Wildman–Crippen LogP) is 5.04.